The van der Waals surface area contributed by atoms with Gasteiger partial charge in [0.15, 0.2) is 29.5 Å². The monoisotopic (exact) mass is 446 g/mol. The lowest BCUT2D eigenvalue weighted by Crippen LogP contribution is -2.23. The molecule has 0 amide bonds. The Hall–Kier alpha value is -0.820. The summed E-state index contributed by atoms with van der Waals surface area (Å²) in [5.74, 6) is -1.45. The topological polar surface area (TPSA) is 147 Å². The fourth-order valence-corrected chi connectivity index (χ4v) is 7.78. The van der Waals surface area contributed by atoms with Crippen LogP contribution in [0.15, 0.2) is 34.5 Å². The van der Waals surface area contributed by atoms with Gasteiger partial charge in [0.05, 0.1) is 17.3 Å². The second-order valence-electron chi connectivity index (χ2n) is 5.85. The Kier molecular flexibility index (Phi) is 5.10. The molecule has 0 aliphatic carbocycles. The molecule has 3 unspecified atom stereocenters. The Morgan fingerprint density at radius 3 is 1.08 bits per heavy atom. The van der Waals surface area contributed by atoms with Crippen molar-refractivity contribution in [2.45, 2.75) is 18.3 Å². The van der Waals surface area contributed by atoms with Crippen LogP contribution in [0.3, 0.4) is 0 Å². The summed E-state index contributed by atoms with van der Waals surface area (Å²) in [6.45, 7) is 0. The third kappa shape index (κ3) is 5.12. The summed E-state index contributed by atoms with van der Waals surface area (Å²) in [6, 6.07) is 0. The lowest BCUT2D eigenvalue weighted by molar-refractivity contribution is 0.0786. The van der Waals surface area contributed by atoms with Gasteiger partial charge in [0.1, 0.15) is 18.3 Å². The zero-order chi connectivity index (χ0) is 19.2. The average Bonchev–Trinajstić information content (AvgIpc) is 3.07. The highest BCUT2D eigenvalue weighted by Crippen LogP contribution is 2.54. The second-order valence-corrected chi connectivity index (χ2v) is 13.2. The smallest absolute Gasteiger partial charge is 0.278 e. The summed E-state index contributed by atoms with van der Waals surface area (Å²) in [7, 11) is -15.0. The first-order chi connectivity index (χ1) is 11.9. The molecule has 3 heterocycles. The molecule has 3 rings (SSSR count). The molecule has 0 bridgehead atoms. The van der Waals surface area contributed by atoms with Gasteiger partial charge in [0.2, 0.25) is 0 Å². The Labute approximate surface area is 150 Å². The van der Waals surface area contributed by atoms with Crippen LogP contribution in [-0.2, 0) is 47.6 Å². The predicted molar refractivity (Wildman–Crippen MR) is 91.0 cm³/mol. The molecule has 14 heteroatoms. The molecule has 0 aromatic carbocycles. The molecule has 0 fully saturated rings. The van der Waals surface area contributed by atoms with Crippen LogP contribution in [-0.4, -0.2) is 60.8 Å². The molecule has 3 aliphatic heterocycles. The minimum absolute atomic E-state index is 0.485. The van der Waals surface area contributed by atoms with Crippen molar-refractivity contribution in [2.24, 2.45) is 0 Å². The van der Waals surface area contributed by atoms with Crippen LogP contribution in [0.1, 0.15) is 0 Å². The van der Waals surface area contributed by atoms with Crippen molar-refractivity contribution in [2.75, 3.05) is 17.3 Å². The maximum atomic E-state index is 13.0. The normalized spacial score (nSPS) is 35.6. The van der Waals surface area contributed by atoms with Crippen molar-refractivity contribution in [3.05, 3.63) is 34.5 Å². The molecular weight excluding hydrogens is 431 g/mol. The fourth-order valence-electron chi connectivity index (χ4n) is 2.41. The zero-order valence-electron chi connectivity index (χ0n) is 13.1. The Bertz CT molecular complexity index is 902. The predicted octanol–water partition coefficient (Wildman–Crippen LogP) is 0.0764. The second kappa shape index (κ2) is 6.66. The average molecular weight is 446 g/mol. The van der Waals surface area contributed by atoms with Crippen molar-refractivity contribution in [3.8, 4) is 0 Å². The molecule has 3 aliphatic rings. The van der Waals surface area contributed by atoms with Crippen LogP contribution in [0, 0.1) is 0 Å². The van der Waals surface area contributed by atoms with Crippen LogP contribution in [0.25, 0.3) is 0 Å². The van der Waals surface area contributed by atoms with Crippen LogP contribution in [0.5, 0.6) is 0 Å². The molecule has 0 aromatic rings. The van der Waals surface area contributed by atoms with Crippen molar-refractivity contribution >= 4 is 37.3 Å². The van der Waals surface area contributed by atoms with Gasteiger partial charge >= 0.3 is 7.82 Å². The van der Waals surface area contributed by atoms with Gasteiger partial charge in [-0.05, 0) is 18.2 Å². The van der Waals surface area contributed by atoms with E-state index in [-0.39, 0.29) is 0 Å². The first-order valence-corrected chi connectivity index (χ1v) is 13.8. The molecular formula is C12H15O10PS3. The highest BCUT2D eigenvalue weighted by molar-refractivity contribution is 7.95. The minimum atomic E-state index is -4.48. The van der Waals surface area contributed by atoms with E-state index in [1.165, 1.54) is 0 Å². The molecule has 0 saturated heterocycles. The summed E-state index contributed by atoms with van der Waals surface area (Å²) < 4.78 is 97.3. The van der Waals surface area contributed by atoms with Gasteiger partial charge in [-0.25, -0.2) is 29.8 Å². The van der Waals surface area contributed by atoms with E-state index in [2.05, 4.69) is 0 Å². The third-order valence-electron chi connectivity index (χ3n) is 3.48. The molecule has 10 nitrogen and oxygen atoms in total. The molecule has 3 atom stereocenters. The van der Waals surface area contributed by atoms with E-state index in [9.17, 15) is 29.8 Å². The van der Waals surface area contributed by atoms with Gasteiger partial charge in [0.25, 0.3) is 0 Å². The van der Waals surface area contributed by atoms with Crippen LogP contribution >= 0.6 is 7.82 Å². The van der Waals surface area contributed by atoms with E-state index in [1.54, 1.807) is 0 Å². The van der Waals surface area contributed by atoms with E-state index in [0.29, 0.717) is 0 Å². The zero-order valence-corrected chi connectivity index (χ0v) is 16.4. The number of sulfone groups is 3. The number of rotatable bonds is 6. The van der Waals surface area contributed by atoms with Gasteiger partial charge in [-0.15, -0.1) is 0 Å². The molecule has 26 heavy (non-hydrogen) atoms. The highest BCUT2D eigenvalue weighted by Gasteiger charge is 2.41. The lowest BCUT2D eigenvalue weighted by atomic mass is 10.4. The number of hydrogen-bond donors (Lipinski definition) is 0. The van der Waals surface area contributed by atoms with Crippen molar-refractivity contribution in [1.82, 2.24) is 0 Å². The van der Waals surface area contributed by atoms with Crippen molar-refractivity contribution in [3.63, 3.8) is 0 Å². The van der Waals surface area contributed by atoms with E-state index in [0.717, 1.165) is 34.5 Å². The van der Waals surface area contributed by atoms with Crippen LogP contribution in [0.2, 0.25) is 0 Å². The largest absolute Gasteiger partial charge is 0.476 e. The molecule has 0 radical (unpaired) electrons. The lowest BCUT2D eigenvalue weighted by Gasteiger charge is -2.24. The van der Waals surface area contributed by atoms with E-state index in [1.807, 2.05) is 0 Å². The molecule has 146 valence electrons. The number of hydrogen-bond acceptors (Lipinski definition) is 10. The minimum Gasteiger partial charge on any atom is -0.278 e. The number of phosphoric acid groups is 1. The highest BCUT2D eigenvalue weighted by atomic mass is 32.2. The first-order valence-electron chi connectivity index (χ1n) is 7.24. The van der Waals surface area contributed by atoms with Gasteiger partial charge in [-0.3, -0.25) is 13.6 Å². The van der Waals surface area contributed by atoms with Crippen LogP contribution in [0.4, 0.5) is 0 Å². The van der Waals surface area contributed by atoms with Crippen LogP contribution < -0.4 is 0 Å². The fraction of sp³-hybridized carbons (Fsp3) is 0.500. The Morgan fingerprint density at radius 1 is 0.615 bits per heavy atom. The maximum Gasteiger partial charge on any atom is 0.476 e. The summed E-state index contributed by atoms with van der Waals surface area (Å²) in [6.07, 6.45) is 0.0605. The van der Waals surface area contributed by atoms with Gasteiger partial charge < -0.3 is 0 Å². The van der Waals surface area contributed by atoms with E-state index in [4.69, 9.17) is 13.6 Å². The Balaban J connectivity index is 1.77. The van der Waals surface area contributed by atoms with Crippen molar-refractivity contribution < 1.29 is 43.4 Å². The van der Waals surface area contributed by atoms with E-state index < -0.39 is 72.9 Å². The Morgan fingerprint density at radius 2 is 0.885 bits per heavy atom. The van der Waals surface area contributed by atoms with Gasteiger partial charge in [-0.1, -0.05) is 0 Å². The van der Waals surface area contributed by atoms with E-state index >= 15 is 0 Å². The maximum absolute atomic E-state index is 13.0. The SMILES string of the molecule is O=P(OC1C=CS(=O)(=O)C1)(OC1C=CS(=O)(=O)C1)OC1C=CS(=O)(=O)C1. The number of phosphoric ester groups is 1. The molecule has 0 saturated carbocycles. The summed E-state index contributed by atoms with van der Waals surface area (Å²) in [4.78, 5) is 0. The quantitative estimate of drug-likeness (QED) is 0.514. The summed E-state index contributed by atoms with van der Waals surface area (Å²) >= 11 is 0. The standard InChI is InChI=1S/C12H15O10PS3/c13-23(20-10-1-4-24(14,15)7-10,21-11-2-5-25(16,17)8-11)22-12-3-6-26(18,19)9-12/h1-6,10-12H,7-9H2. The molecule has 0 N–H and O–H groups in total. The summed E-state index contributed by atoms with van der Waals surface area (Å²) in [5.41, 5.74) is 0. The first kappa shape index (κ1) is 19.9. The molecule has 0 spiro atoms. The van der Waals surface area contributed by atoms with Gasteiger partial charge in [0, 0.05) is 16.2 Å². The summed E-state index contributed by atoms with van der Waals surface area (Å²) in [5, 5.41) is 2.67. The molecule has 0 aromatic heterocycles. The van der Waals surface area contributed by atoms with Gasteiger partial charge in [-0.2, -0.15) is 0 Å². The van der Waals surface area contributed by atoms with Crippen molar-refractivity contribution in [1.29, 1.82) is 0 Å². The third-order valence-corrected chi connectivity index (χ3v) is 9.17.